The Balaban J connectivity index is 0.00000162. The third kappa shape index (κ3) is 3.17. The van der Waals surface area contributed by atoms with Gasteiger partial charge in [-0.2, -0.15) is 4.57 Å². The summed E-state index contributed by atoms with van der Waals surface area (Å²) in [6.45, 7) is 1.66. The van der Waals surface area contributed by atoms with Gasteiger partial charge in [0.15, 0.2) is 12.4 Å². The summed E-state index contributed by atoms with van der Waals surface area (Å²) < 4.78 is 1.70. The topological polar surface area (TPSA) is 41.2 Å². The first kappa shape index (κ1) is 14.4. The Hall–Kier alpha value is -1.68. The van der Waals surface area contributed by atoms with Crippen molar-refractivity contribution in [1.29, 1.82) is 0 Å². The number of carbonyl (C=O) groups is 1. The van der Waals surface area contributed by atoms with Gasteiger partial charge in [0.25, 0.3) is 6.04 Å². The molecule has 0 radical (unpaired) electrons. The van der Waals surface area contributed by atoms with Crippen molar-refractivity contribution in [3.05, 3.63) is 54.9 Å². The number of hydrogen-bond acceptors (Lipinski definition) is 1. The van der Waals surface area contributed by atoms with E-state index in [1.165, 1.54) is 0 Å². The first-order valence-electron chi connectivity index (χ1n) is 5.47. The van der Waals surface area contributed by atoms with Crippen LogP contribution >= 0.6 is 0 Å². The van der Waals surface area contributed by atoms with Crippen molar-refractivity contribution in [2.75, 3.05) is 0 Å². The molecule has 18 heavy (non-hydrogen) atoms. The van der Waals surface area contributed by atoms with Crippen molar-refractivity contribution < 1.29 is 31.4 Å². The summed E-state index contributed by atoms with van der Waals surface area (Å²) in [7, 11) is 0. The van der Waals surface area contributed by atoms with E-state index in [1.54, 1.807) is 17.7 Å². The first-order valence-corrected chi connectivity index (χ1v) is 5.47. The highest BCUT2D eigenvalue weighted by atomic mass is 79.9. The Morgan fingerprint density at radius 2 is 1.72 bits per heavy atom. The smallest absolute Gasteiger partial charge is 0.373 e. The second kappa shape index (κ2) is 6.31. The monoisotopic (exact) mass is 307 g/mol. The molecule has 1 heterocycles. The molecule has 0 saturated carbocycles. The molecule has 0 bridgehead atoms. The SMILES string of the molecule is CC(C(=O)O)[n+]1cccc(-c2ccccc2)c1.[Br-]. The van der Waals surface area contributed by atoms with Crippen molar-refractivity contribution in [1.82, 2.24) is 0 Å². The summed E-state index contributed by atoms with van der Waals surface area (Å²) in [5, 5.41) is 8.98. The van der Waals surface area contributed by atoms with Gasteiger partial charge in [-0.25, -0.2) is 4.79 Å². The molecule has 0 fully saturated rings. The Bertz CT molecular complexity index is 528. The lowest BCUT2D eigenvalue weighted by atomic mass is 10.1. The van der Waals surface area contributed by atoms with Gasteiger partial charge >= 0.3 is 5.97 Å². The minimum absolute atomic E-state index is 0. The minimum atomic E-state index is -0.833. The molecule has 2 aromatic rings. The zero-order valence-corrected chi connectivity index (χ0v) is 11.5. The molecule has 0 aliphatic heterocycles. The van der Waals surface area contributed by atoms with Crippen LogP contribution in [0.25, 0.3) is 11.1 Å². The number of carboxylic acid groups (broad SMARTS) is 1. The van der Waals surface area contributed by atoms with Crippen LogP contribution < -0.4 is 21.5 Å². The molecule has 1 atom stereocenters. The van der Waals surface area contributed by atoms with Gasteiger partial charge in [-0.15, -0.1) is 0 Å². The van der Waals surface area contributed by atoms with Crippen LogP contribution in [-0.4, -0.2) is 11.1 Å². The molecule has 0 aliphatic rings. The van der Waals surface area contributed by atoms with Crippen LogP contribution in [0.2, 0.25) is 0 Å². The molecule has 94 valence electrons. The number of aliphatic carboxylic acids is 1. The van der Waals surface area contributed by atoms with Crippen LogP contribution in [0.3, 0.4) is 0 Å². The predicted molar refractivity (Wildman–Crippen MR) is 64.4 cm³/mol. The van der Waals surface area contributed by atoms with Crippen LogP contribution in [0.5, 0.6) is 0 Å². The van der Waals surface area contributed by atoms with Crippen molar-refractivity contribution in [3.8, 4) is 11.1 Å². The Morgan fingerprint density at radius 3 is 2.33 bits per heavy atom. The summed E-state index contributed by atoms with van der Waals surface area (Å²) in [5.41, 5.74) is 2.10. The third-order valence-corrected chi connectivity index (χ3v) is 2.73. The summed E-state index contributed by atoms with van der Waals surface area (Å²) in [6, 6.07) is 13.2. The second-order valence-electron chi connectivity index (χ2n) is 3.92. The highest BCUT2D eigenvalue weighted by Crippen LogP contribution is 2.16. The van der Waals surface area contributed by atoms with E-state index < -0.39 is 12.0 Å². The molecule has 1 aromatic carbocycles. The summed E-state index contributed by atoms with van der Waals surface area (Å²) >= 11 is 0. The van der Waals surface area contributed by atoms with E-state index in [2.05, 4.69) is 0 Å². The van der Waals surface area contributed by atoms with Gasteiger partial charge in [-0.1, -0.05) is 30.3 Å². The van der Waals surface area contributed by atoms with Gasteiger partial charge in [-0.05, 0) is 11.6 Å². The zero-order chi connectivity index (χ0) is 12.3. The lowest BCUT2D eigenvalue weighted by Crippen LogP contribution is -3.00. The van der Waals surface area contributed by atoms with E-state index in [1.807, 2.05) is 48.7 Å². The summed E-state index contributed by atoms with van der Waals surface area (Å²) in [4.78, 5) is 10.9. The molecule has 3 nitrogen and oxygen atoms in total. The fourth-order valence-corrected chi connectivity index (χ4v) is 1.66. The lowest BCUT2D eigenvalue weighted by molar-refractivity contribution is -0.707. The molecular weight excluding hydrogens is 294 g/mol. The number of rotatable bonds is 3. The molecule has 0 saturated heterocycles. The van der Waals surface area contributed by atoms with Crippen molar-refractivity contribution in [3.63, 3.8) is 0 Å². The summed E-state index contributed by atoms with van der Waals surface area (Å²) in [6.07, 6.45) is 3.62. The van der Waals surface area contributed by atoms with Gasteiger partial charge in [-0.3, -0.25) is 0 Å². The standard InChI is InChI=1S/C14H13NO2.BrH/c1-11(14(16)17)15-9-5-8-13(10-15)12-6-3-2-4-7-12;/h2-11H,1H3;1H. The molecule has 1 N–H and O–H groups in total. The number of aromatic nitrogens is 1. The van der Waals surface area contributed by atoms with E-state index in [4.69, 9.17) is 5.11 Å². The Morgan fingerprint density at radius 1 is 1.11 bits per heavy atom. The van der Waals surface area contributed by atoms with E-state index >= 15 is 0 Å². The van der Waals surface area contributed by atoms with Crippen LogP contribution in [0.1, 0.15) is 13.0 Å². The van der Waals surface area contributed by atoms with Crippen LogP contribution in [0.4, 0.5) is 0 Å². The molecule has 1 aromatic heterocycles. The predicted octanol–water partition coefficient (Wildman–Crippen LogP) is -0.709. The molecule has 0 spiro atoms. The van der Waals surface area contributed by atoms with E-state index in [0.29, 0.717) is 0 Å². The molecule has 2 rings (SSSR count). The number of halogens is 1. The van der Waals surface area contributed by atoms with E-state index in [0.717, 1.165) is 11.1 Å². The zero-order valence-electron chi connectivity index (χ0n) is 9.95. The number of benzene rings is 1. The molecular formula is C14H14BrNO2. The van der Waals surface area contributed by atoms with E-state index in [-0.39, 0.29) is 17.0 Å². The second-order valence-corrected chi connectivity index (χ2v) is 3.92. The van der Waals surface area contributed by atoms with Crippen LogP contribution in [0.15, 0.2) is 54.9 Å². The number of pyridine rings is 1. The number of carboxylic acids is 1. The fourth-order valence-electron chi connectivity index (χ4n) is 1.66. The van der Waals surface area contributed by atoms with Gasteiger partial charge in [0.05, 0.1) is 0 Å². The van der Waals surface area contributed by atoms with Crippen LogP contribution in [0, 0.1) is 0 Å². The van der Waals surface area contributed by atoms with E-state index in [9.17, 15) is 4.79 Å². The van der Waals surface area contributed by atoms with Gasteiger partial charge < -0.3 is 22.1 Å². The molecule has 0 amide bonds. The quantitative estimate of drug-likeness (QED) is 0.761. The van der Waals surface area contributed by atoms with Crippen molar-refractivity contribution in [2.24, 2.45) is 0 Å². The third-order valence-electron chi connectivity index (χ3n) is 2.73. The van der Waals surface area contributed by atoms with Gasteiger partial charge in [0.1, 0.15) is 0 Å². The first-order chi connectivity index (χ1) is 8.18. The molecule has 1 unspecified atom stereocenters. The Labute approximate surface area is 116 Å². The molecule has 0 aliphatic carbocycles. The average molecular weight is 308 g/mol. The van der Waals surface area contributed by atoms with Gasteiger partial charge in [0, 0.05) is 18.6 Å². The maximum Gasteiger partial charge on any atom is 0.373 e. The number of hydrogen-bond donors (Lipinski definition) is 1. The summed E-state index contributed by atoms with van der Waals surface area (Å²) in [5.74, 6) is -0.833. The average Bonchev–Trinajstić information content (AvgIpc) is 2.39. The van der Waals surface area contributed by atoms with Gasteiger partial charge in [0.2, 0.25) is 0 Å². The van der Waals surface area contributed by atoms with Crippen molar-refractivity contribution >= 4 is 5.97 Å². The highest BCUT2D eigenvalue weighted by Gasteiger charge is 2.20. The maximum absolute atomic E-state index is 10.9. The maximum atomic E-state index is 10.9. The fraction of sp³-hybridized carbons (Fsp3) is 0.143. The van der Waals surface area contributed by atoms with Crippen molar-refractivity contribution in [2.45, 2.75) is 13.0 Å². The molecule has 4 heteroatoms. The highest BCUT2D eigenvalue weighted by molar-refractivity contribution is 5.69. The lowest BCUT2D eigenvalue weighted by Gasteiger charge is -2.04. The minimum Gasteiger partial charge on any atom is -1.00 e. The number of nitrogens with zero attached hydrogens (tertiary/aromatic N) is 1. The largest absolute Gasteiger partial charge is 1.00 e. The van der Waals surface area contributed by atoms with Crippen LogP contribution in [-0.2, 0) is 4.79 Å². The Kier molecular flexibility index (Phi) is 5.04. The normalized spacial score (nSPS) is 11.4.